The fraction of sp³-hybridized carbons (Fsp3) is 0.600. The van der Waals surface area contributed by atoms with Gasteiger partial charge in [0.25, 0.3) is 0 Å². The molecule has 0 aliphatic carbocycles. The number of hydrogen-bond donors (Lipinski definition) is 0. The zero-order valence-electron chi connectivity index (χ0n) is 11.4. The predicted octanol–water partition coefficient (Wildman–Crippen LogP) is 3.06. The summed E-state index contributed by atoms with van der Waals surface area (Å²) in [5.41, 5.74) is 0.974. The minimum Gasteiger partial charge on any atom is -0.350 e. The Labute approximate surface area is 123 Å². The highest BCUT2D eigenvalue weighted by Gasteiger charge is 2.31. The third-order valence-corrected chi connectivity index (χ3v) is 4.34. The maximum absolute atomic E-state index is 13.1. The number of piperidine rings is 1. The first-order valence-corrected chi connectivity index (χ1v) is 7.49. The van der Waals surface area contributed by atoms with Crippen molar-refractivity contribution in [3.63, 3.8) is 0 Å². The highest BCUT2D eigenvalue weighted by molar-refractivity contribution is 6.31. The maximum Gasteiger partial charge on any atom is 0.161 e. The molecule has 2 fully saturated rings. The van der Waals surface area contributed by atoms with Gasteiger partial charge in [-0.2, -0.15) is 0 Å². The van der Waals surface area contributed by atoms with Crippen LogP contribution >= 0.6 is 11.6 Å². The molecule has 0 bridgehead atoms. The normalized spacial score (nSPS) is 25.2. The van der Waals surface area contributed by atoms with Crippen LogP contribution in [0.25, 0.3) is 0 Å². The van der Waals surface area contributed by atoms with Gasteiger partial charge in [-0.3, -0.25) is 4.90 Å². The molecule has 0 aromatic heterocycles. The Kier molecular flexibility index (Phi) is 4.56. The monoisotopic (exact) mass is 299 g/mol. The molecule has 3 nitrogen and oxygen atoms in total. The van der Waals surface area contributed by atoms with Crippen LogP contribution in [0.2, 0.25) is 5.02 Å². The molecular weight excluding hydrogens is 281 g/mol. The number of rotatable bonds is 3. The number of hydrogen-bond acceptors (Lipinski definition) is 3. The van der Waals surface area contributed by atoms with Gasteiger partial charge in [0.15, 0.2) is 6.29 Å². The molecule has 1 aromatic carbocycles. The van der Waals surface area contributed by atoms with Gasteiger partial charge in [-0.05, 0) is 37.1 Å². The molecule has 0 spiro atoms. The fourth-order valence-electron chi connectivity index (χ4n) is 3.00. The van der Waals surface area contributed by atoms with E-state index in [1.54, 1.807) is 6.07 Å². The summed E-state index contributed by atoms with van der Waals surface area (Å²) >= 11 is 6.10. The van der Waals surface area contributed by atoms with Crippen molar-refractivity contribution < 1.29 is 13.9 Å². The first kappa shape index (κ1) is 14.3. The minimum atomic E-state index is -0.289. The van der Waals surface area contributed by atoms with Crippen molar-refractivity contribution in [3.8, 4) is 0 Å². The number of nitrogens with zero attached hydrogens (tertiary/aromatic N) is 1. The van der Waals surface area contributed by atoms with E-state index < -0.39 is 0 Å². The molecule has 2 saturated heterocycles. The molecule has 0 unspecified atom stereocenters. The van der Waals surface area contributed by atoms with Gasteiger partial charge >= 0.3 is 0 Å². The van der Waals surface area contributed by atoms with Gasteiger partial charge in [-0.25, -0.2) is 4.39 Å². The van der Waals surface area contributed by atoms with Crippen molar-refractivity contribution in [3.05, 3.63) is 34.6 Å². The Morgan fingerprint density at radius 3 is 2.85 bits per heavy atom. The molecule has 5 heteroatoms. The lowest BCUT2D eigenvalue weighted by Crippen LogP contribution is -2.40. The average molecular weight is 300 g/mol. The number of ether oxygens (including phenoxy) is 2. The fourth-order valence-corrected chi connectivity index (χ4v) is 3.22. The summed E-state index contributed by atoms with van der Waals surface area (Å²) in [4.78, 5) is 2.35. The third-order valence-electron chi connectivity index (χ3n) is 3.98. The molecule has 2 heterocycles. The standard InChI is InChI=1S/C15H19ClFNO2/c16-14-8-13(17)4-3-11(14)9-18-5-1-2-12(10-18)15-19-6-7-20-15/h3-4,8,12,15H,1-2,5-7,9-10H2/t12-/m1/s1. The lowest BCUT2D eigenvalue weighted by molar-refractivity contribution is -0.101. The molecule has 110 valence electrons. The quantitative estimate of drug-likeness (QED) is 0.856. The van der Waals surface area contributed by atoms with E-state index in [1.165, 1.54) is 12.1 Å². The van der Waals surface area contributed by atoms with Crippen LogP contribution in [0.15, 0.2) is 18.2 Å². The molecule has 2 aliphatic heterocycles. The SMILES string of the molecule is Fc1ccc(CN2CCC[C@@H](C3OCCO3)C2)c(Cl)c1. The lowest BCUT2D eigenvalue weighted by Gasteiger charge is -2.34. The molecule has 1 aromatic rings. The summed E-state index contributed by atoms with van der Waals surface area (Å²) in [6.07, 6.45) is 2.21. The third kappa shape index (κ3) is 3.31. The van der Waals surface area contributed by atoms with E-state index in [-0.39, 0.29) is 12.1 Å². The number of likely N-dealkylation sites (tertiary alicyclic amines) is 1. The van der Waals surface area contributed by atoms with E-state index >= 15 is 0 Å². The van der Waals surface area contributed by atoms with Crippen LogP contribution in [0.5, 0.6) is 0 Å². The van der Waals surface area contributed by atoms with E-state index in [9.17, 15) is 4.39 Å². The summed E-state index contributed by atoms with van der Waals surface area (Å²) in [6.45, 7) is 4.13. The minimum absolute atomic E-state index is 0.0542. The molecule has 0 saturated carbocycles. The summed E-state index contributed by atoms with van der Waals surface area (Å²) < 4.78 is 24.3. The van der Waals surface area contributed by atoms with Crippen molar-refractivity contribution in [2.75, 3.05) is 26.3 Å². The van der Waals surface area contributed by atoms with Crippen LogP contribution in [-0.2, 0) is 16.0 Å². The van der Waals surface area contributed by atoms with E-state index in [0.717, 1.165) is 38.0 Å². The van der Waals surface area contributed by atoms with E-state index in [4.69, 9.17) is 21.1 Å². The van der Waals surface area contributed by atoms with Crippen molar-refractivity contribution >= 4 is 11.6 Å². The van der Waals surface area contributed by atoms with Gasteiger partial charge in [-0.1, -0.05) is 17.7 Å². The highest BCUT2D eigenvalue weighted by atomic mass is 35.5. The second kappa shape index (κ2) is 6.39. The zero-order valence-corrected chi connectivity index (χ0v) is 12.1. The Balaban J connectivity index is 1.62. The molecule has 0 N–H and O–H groups in total. The largest absolute Gasteiger partial charge is 0.350 e. The van der Waals surface area contributed by atoms with Gasteiger partial charge in [0, 0.05) is 24.0 Å². The Bertz CT molecular complexity index is 465. The summed E-state index contributed by atoms with van der Waals surface area (Å²) in [7, 11) is 0. The second-order valence-corrected chi connectivity index (χ2v) is 5.89. The molecule has 0 amide bonds. The van der Waals surface area contributed by atoms with Gasteiger partial charge < -0.3 is 9.47 Å². The predicted molar refractivity (Wildman–Crippen MR) is 75.1 cm³/mol. The molecular formula is C15H19ClFNO2. The summed E-state index contributed by atoms with van der Waals surface area (Å²) in [5, 5.41) is 0.500. The maximum atomic E-state index is 13.1. The van der Waals surface area contributed by atoms with Crippen molar-refractivity contribution in [2.24, 2.45) is 5.92 Å². The second-order valence-electron chi connectivity index (χ2n) is 5.48. The van der Waals surface area contributed by atoms with Gasteiger partial charge in [0.1, 0.15) is 5.82 Å². The van der Waals surface area contributed by atoms with Gasteiger partial charge in [0.05, 0.1) is 13.2 Å². The van der Waals surface area contributed by atoms with E-state index in [1.807, 2.05) is 0 Å². The van der Waals surface area contributed by atoms with Crippen molar-refractivity contribution in [1.82, 2.24) is 4.90 Å². The van der Waals surface area contributed by atoms with Crippen molar-refractivity contribution in [1.29, 1.82) is 0 Å². The Hall–Kier alpha value is -0.680. The first-order chi connectivity index (χ1) is 9.72. The van der Waals surface area contributed by atoms with Crippen LogP contribution < -0.4 is 0 Å². The zero-order chi connectivity index (χ0) is 13.9. The van der Waals surface area contributed by atoms with Gasteiger partial charge in [0.2, 0.25) is 0 Å². The van der Waals surface area contributed by atoms with E-state index in [0.29, 0.717) is 24.2 Å². The van der Waals surface area contributed by atoms with Crippen molar-refractivity contribution in [2.45, 2.75) is 25.7 Å². The van der Waals surface area contributed by atoms with Crippen LogP contribution in [0.3, 0.4) is 0 Å². The molecule has 20 heavy (non-hydrogen) atoms. The molecule has 2 aliphatic rings. The summed E-state index contributed by atoms with van der Waals surface area (Å²) in [5.74, 6) is 0.133. The molecule has 0 radical (unpaired) electrons. The van der Waals surface area contributed by atoms with Crippen LogP contribution in [0.4, 0.5) is 4.39 Å². The smallest absolute Gasteiger partial charge is 0.161 e. The number of halogens is 2. The topological polar surface area (TPSA) is 21.7 Å². The Morgan fingerprint density at radius 2 is 2.10 bits per heavy atom. The summed E-state index contributed by atoms with van der Waals surface area (Å²) in [6, 6.07) is 4.61. The van der Waals surface area contributed by atoms with Crippen LogP contribution in [0, 0.1) is 11.7 Å². The van der Waals surface area contributed by atoms with Crippen LogP contribution in [-0.4, -0.2) is 37.5 Å². The highest BCUT2D eigenvalue weighted by Crippen LogP contribution is 2.27. The number of benzene rings is 1. The first-order valence-electron chi connectivity index (χ1n) is 7.12. The lowest BCUT2D eigenvalue weighted by atomic mass is 9.97. The molecule has 1 atom stereocenters. The van der Waals surface area contributed by atoms with E-state index in [2.05, 4.69) is 4.90 Å². The Morgan fingerprint density at radius 1 is 1.30 bits per heavy atom. The molecule has 3 rings (SSSR count). The average Bonchev–Trinajstić information content (AvgIpc) is 2.96. The van der Waals surface area contributed by atoms with Crippen LogP contribution in [0.1, 0.15) is 18.4 Å². The van der Waals surface area contributed by atoms with Gasteiger partial charge in [-0.15, -0.1) is 0 Å².